The highest BCUT2D eigenvalue weighted by Gasteiger charge is 2.23. The van der Waals surface area contributed by atoms with Gasteiger partial charge in [-0.1, -0.05) is 11.6 Å². The molecule has 9 heteroatoms. The third-order valence-corrected chi connectivity index (χ3v) is 3.72. The second-order valence-corrected chi connectivity index (χ2v) is 5.60. The van der Waals surface area contributed by atoms with Crippen molar-refractivity contribution in [1.82, 2.24) is 9.97 Å². The van der Waals surface area contributed by atoms with Gasteiger partial charge >= 0.3 is 5.69 Å². The number of benzene rings is 2. The number of nitrogens with one attached hydrogen (secondary N) is 2. The van der Waals surface area contributed by atoms with Crippen LogP contribution in [0, 0.1) is 10.1 Å². The normalized spacial score (nSPS) is 10.2. The summed E-state index contributed by atoms with van der Waals surface area (Å²) in [4.78, 5) is 19.0. The monoisotopic (exact) mass is 371 g/mol. The van der Waals surface area contributed by atoms with Crippen LogP contribution in [0.4, 0.5) is 28.7 Å². The highest BCUT2D eigenvalue weighted by Crippen LogP contribution is 2.33. The van der Waals surface area contributed by atoms with E-state index in [-0.39, 0.29) is 17.3 Å². The van der Waals surface area contributed by atoms with Crippen molar-refractivity contribution in [3.63, 3.8) is 0 Å². The Balaban J connectivity index is 1.92. The van der Waals surface area contributed by atoms with E-state index in [2.05, 4.69) is 20.6 Å². The van der Waals surface area contributed by atoms with Gasteiger partial charge in [0.25, 0.3) is 0 Å². The van der Waals surface area contributed by atoms with Gasteiger partial charge in [0, 0.05) is 16.4 Å². The second kappa shape index (κ2) is 7.66. The molecule has 132 valence electrons. The maximum absolute atomic E-state index is 11.6. The zero-order valence-corrected chi connectivity index (χ0v) is 14.4. The maximum atomic E-state index is 11.6. The molecule has 3 rings (SSSR count). The molecule has 0 spiro atoms. The minimum Gasteiger partial charge on any atom is -0.497 e. The van der Waals surface area contributed by atoms with Crippen molar-refractivity contribution in [2.45, 2.75) is 0 Å². The lowest BCUT2D eigenvalue weighted by Crippen LogP contribution is -2.05. The number of nitro groups is 1. The Morgan fingerprint density at radius 1 is 0.962 bits per heavy atom. The van der Waals surface area contributed by atoms with Gasteiger partial charge in [-0.15, -0.1) is 0 Å². The molecule has 26 heavy (non-hydrogen) atoms. The number of aromatic nitrogens is 2. The maximum Gasteiger partial charge on any atom is 0.353 e. The van der Waals surface area contributed by atoms with E-state index in [4.69, 9.17) is 16.3 Å². The van der Waals surface area contributed by atoms with Gasteiger partial charge in [0.1, 0.15) is 12.1 Å². The fraction of sp³-hybridized carbons (Fsp3) is 0.0588. The van der Waals surface area contributed by atoms with Crippen LogP contribution >= 0.6 is 11.6 Å². The van der Waals surface area contributed by atoms with Crippen LogP contribution in [-0.4, -0.2) is 22.0 Å². The lowest BCUT2D eigenvalue weighted by molar-refractivity contribution is -0.383. The zero-order valence-electron chi connectivity index (χ0n) is 13.6. The number of rotatable bonds is 6. The fourth-order valence-electron chi connectivity index (χ4n) is 2.22. The van der Waals surface area contributed by atoms with E-state index in [1.807, 2.05) is 0 Å². The molecule has 0 radical (unpaired) electrons. The first kappa shape index (κ1) is 17.4. The van der Waals surface area contributed by atoms with Gasteiger partial charge < -0.3 is 15.4 Å². The summed E-state index contributed by atoms with van der Waals surface area (Å²) in [6.45, 7) is 0. The molecular formula is C17H14ClN5O3. The first-order valence-electron chi connectivity index (χ1n) is 7.50. The van der Waals surface area contributed by atoms with Crippen molar-refractivity contribution in [3.05, 3.63) is 70.0 Å². The lowest BCUT2D eigenvalue weighted by Gasteiger charge is -2.10. The fourth-order valence-corrected chi connectivity index (χ4v) is 2.34. The Kier molecular flexibility index (Phi) is 5.14. The predicted molar refractivity (Wildman–Crippen MR) is 99.7 cm³/mol. The van der Waals surface area contributed by atoms with E-state index in [1.54, 1.807) is 55.6 Å². The van der Waals surface area contributed by atoms with E-state index >= 15 is 0 Å². The van der Waals surface area contributed by atoms with Crippen molar-refractivity contribution in [1.29, 1.82) is 0 Å². The number of anilines is 4. The third-order valence-electron chi connectivity index (χ3n) is 3.46. The van der Waals surface area contributed by atoms with Crippen LogP contribution in [0.3, 0.4) is 0 Å². The van der Waals surface area contributed by atoms with Crippen molar-refractivity contribution >= 4 is 40.3 Å². The number of methoxy groups -OCH3 is 1. The molecule has 0 saturated carbocycles. The van der Waals surface area contributed by atoms with E-state index in [0.29, 0.717) is 22.1 Å². The quantitative estimate of drug-likeness (QED) is 0.484. The van der Waals surface area contributed by atoms with Crippen LogP contribution in [0.5, 0.6) is 5.75 Å². The van der Waals surface area contributed by atoms with Crippen molar-refractivity contribution in [3.8, 4) is 5.75 Å². The molecule has 3 aromatic rings. The summed E-state index contributed by atoms with van der Waals surface area (Å²) in [6, 6.07) is 13.7. The molecule has 2 N–H and O–H groups in total. The number of ether oxygens (including phenoxy) is 1. The highest BCUT2D eigenvalue weighted by atomic mass is 35.5. The summed E-state index contributed by atoms with van der Waals surface area (Å²) in [7, 11) is 1.56. The summed E-state index contributed by atoms with van der Waals surface area (Å²) in [6.07, 6.45) is 1.25. The van der Waals surface area contributed by atoms with Crippen LogP contribution in [0.15, 0.2) is 54.9 Å². The summed E-state index contributed by atoms with van der Waals surface area (Å²) >= 11 is 5.85. The molecule has 0 atom stereocenters. The smallest absolute Gasteiger partial charge is 0.353 e. The van der Waals surface area contributed by atoms with Crippen molar-refractivity contribution in [2.75, 3.05) is 17.7 Å². The number of hydrogen-bond acceptors (Lipinski definition) is 7. The standard InChI is InChI=1S/C17H14ClN5O3/c1-26-14-8-6-13(7-9-14)22-17-15(23(24)25)16(19-10-20-17)21-12-4-2-11(18)3-5-12/h2-10H,1H3,(H2,19,20,21,22). The molecule has 8 nitrogen and oxygen atoms in total. The van der Waals surface area contributed by atoms with Gasteiger partial charge in [-0.2, -0.15) is 0 Å². The molecular weight excluding hydrogens is 358 g/mol. The van der Waals surface area contributed by atoms with Gasteiger partial charge in [-0.3, -0.25) is 10.1 Å². The molecule has 2 aromatic carbocycles. The Morgan fingerprint density at radius 2 is 1.46 bits per heavy atom. The molecule has 1 heterocycles. The molecule has 0 bridgehead atoms. The summed E-state index contributed by atoms with van der Waals surface area (Å²) in [5.41, 5.74) is 0.981. The minimum absolute atomic E-state index is 0.0725. The molecule has 0 aliphatic heterocycles. The topological polar surface area (TPSA) is 102 Å². The van der Waals surface area contributed by atoms with E-state index < -0.39 is 4.92 Å². The average molecular weight is 372 g/mol. The molecule has 0 saturated heterocycles. The molecule has 0 unspecified atom stereocenters. The van der Waals surface area contributed by atoms with Gasteiger partial charge in [0.2, 0.25) is 11.6 Å². The van der Waals surface area contributed by atoms with Crippen molar-refractivity contribution in [2.24, 2.45) is 0 Å². The molecule has 0 aliphatic carbocycles. The highest BCUT2D eigenvalue weighted by molar-refractivity contribution is 6.30. The van der Waals surface area contributed by atoms with Crippen LogP contribution in [0.25, 0.3) is 0 Å². The SMILES string of the molecule is COc1ccc(Nc2ncnc(Nc3ccc(Cl)cc3)c2[N+](=O)[O-])cc1. The number of hydrogen-bond donors (Lipinski definition) is 2. The van der Waals surface area contributed by atoms with E-state index in [9.17, 15) is 10.1 Å². The summed E-state index contributed by atoms with van der Waals surface area (Å²) in [5.74, 6) is 0.827. The predicted octanol–water partition coefficient (Wildman–Crippen LogP) is 4.53. The molecule has 1 aromatic heterocycles. The zero-order chi connectivity index (χ0) is 18.5. The van der Waals surface area contributed by atoms with Crippen molar-refractivity contribution < 1.29 is 9.66 Å². The van der Waals surface area contributed by atoms with Crippen LogP contribution in [-0.2, 0) is 0 Å². The molecule has 0 fully saturated rings. The van der Waals surface area contributed by atoms with Gasteiger partial charge in [-0.25, -0.2) is 9.97 Å². The Hall–Kier alpha value is -3.39. The largest absolute Gasteiger partial charge is 0.497 e. The van der Waals surface area contributed by atoms with E-state index in [0.717, 1.165) is 0 Å². The number of halogens is 1. The minimum atomic E-state index is -0.538. The first-order chi connectivity index (χ1) is 12.6. The van der Waals surface area contributed by atoms with Crippen LogP contribution in [0.1, 0.15) is 0 Å². The Bertz CT molecular complexity index is 917. The Morgan fingerprint density at radius 3 is 1.92 bits per heavy atom. The molecule has 0 amide bonds. The van der Waals surface area contributed by atoms with Crippen LogP contribution < -0.4 is 15.4 Å². The Labute approximate surface area is 154 Å². The van der Waals surface area contributed by atoms with Crippen LogP contribution in [0.2, 0.25) is 5.02 Å². The lowest BCUT2D eigenvalue weighted by atomic mass is 10.3. The third kappa shape index (κ3) is 3.98. The second-order valence-electron chi connectivity index (χ2n) is 5.16. The van der Waals surface area contributed by atoms with Gasteiger partial charge in [0.15, 0.2) is 0 Å². The number of nitrogens with zero attached hydrogens (tertiary/aromatic N) is 3. The first-order valence-corrected chi connectivity index (χ1v) is 7.87. The van der Waals surface area contributed by atoms with E-state index in [1.165, 1.54) is 6.33 Å². The molecule has 0 aliphatic rings. The summed E-state index contributed by atoms with van der Waals surface area (Å²) < 4.78 is 5.09. The summed E-state index contributed by atoms with van der Waals surface area (Å²) in [5, 5.41) is 18.0. The van der Waals surface area contributed by atoms with Gasteiger partial charge in [0.05, 0.1) is 12.0 Å². The van der Waals surface area contributed by atoms with Gasteiger partial charge in [-0.05, 0) is 48.5 Å². The average Bonchev–Trinajstić information content (AvgIpc) is 2.64.